The van der Waals surface area contributed by atoms with Gasteiger partial charge in [-0.25, -0.2) is 0 Å². The van der Waals surface area contributed by atoms with E-state index in [1.54, 1.807) is 7.11 Å². The molecule has 1 aromatic carbocycles. The van der Waals surface area contributed by atoms with Crippen LogP contribution in [0.5, 0.6) is 5.75 Å². The second kappa shape index (κ2) is 5.56. The number of hydrogen-bond donors (Lipinski definition) is 2. The van der Waals surface area contributed by atoms with Crippen LogP contribution in [-0.2, 0) is 4.79 Å². The summed E-state index contributed by atoms with van der Waals surface area (Å²) < 4.78 is 5.16. The summed E-state index contributed by atoms with van der Waals surface area (Å²) in [5.41, 5.74) is 6.04. The Hall–Kier alpha value is -1.75. The Bertz CT molecular complexity index is 517. The number of carbonyl (C=O) groups excluding carboxylic acids is 1. The van der Waals surface area contributed by atoms with E-state index in [0.717, 1.165) is 37.4 Å². The van der Waals surface area contributed by atoms with Crippen LogP contribution in [0.25, 0.3) is 0 Å². The lowest BCUT2D eigenvalue weighted by atomic mass is 9.82. The van der Waals surface area contributed by atoms with E-state index in [4.69, 9.17) is 10.5 Å². The maximum atomic E-state index is 12.1. The standard InChI is InChI=1S/C16H23N3O2/c1-21-14-6-4-12(5-7-14)18-16(15(17)20)8-10-19-9-2-3-13(19)11-16/h4-7,13,18H,2-3,8-11H2,1H3,(H2,17,20). The van der Waals surface area contributed by atoms with Crippen molar-refractivity contribution >= 4 is 11.6 Å². The van der Waals surface area contributed by atoms with E-state index in [9.17, 15) is 4.79 Å². The topological polar surface area (TPSA) is 67.6 Å². The summed E-state index contributed by atoms with van der Waals surface area (Å²) in [6, 6.07) is 8.13. The summed E-state index contributed by atoms with van der Waals surface area (Å²) in [6.45, 7) is 2.10. The molecule has 3 rings (SSSR count). The van der Waals surface area contributed by atoms with Gasteiger partial charge in [-0.2, -0.15) is 0 Å². The fourth-order valence-corrected chi connectivity index (χ4v) is 3.61. The highest BCUT2D eigenvalue weighted by molar-refractivity contribution is 5.88. The lowest BCUT2D eigenvalue weighted by Crippen LogP contribution is -2.59. The van der Waals surface area contributed by atoms with Gasteiger partial charge in [0.15, 0.2) is 0 Å². The third-order valence-corrected chi connectivity index (χ3v) is 4.85. The SMILES string of the molecule is COc1ccc(NC2(C(N)=O)CCN3CCCC3C2)cc1. The molecule has 0 aliphatic carbocycles. The van der Waals surface area contributed by atoms with Gasteiger partial charge in [0.1, 0.15) is 11.3 Å². The van der Waals surface area contributed by atoms with Gasteiger partial charge >= 0.3 is 0 Å². The van der Waals surface area contributed by atoms with E-state index in [1.807, 2.05) is 24.3 Å². The molecule has 2 saturated heterocycles. The van der Waals surface area contributed by atoms with Crippen molar-refractivity contribution in [1.82, 2.24) is 4.90 Å². The Morgan fingerprint density at radius 1 is 1.38 bits per heavy atom. The summed E-state index contributed by atoms with van der Waals surface area (Å²) >= 11 is 0. The van der Waals surface area contributed by atoms with Gasteiger partial charge in [0.05, 0.1) is 7.11 Å². The third kappa shape index (κ3) is 2.70. The van der Waals surface area contributed by atoms with E-state index in [-0.39, 0.29) is 5.91 Å². The van der Waals surface area contributed by atoms with Gasteiger partial charge < -0.3 is 20.7 Å². The number of benzene rings is 1. The number of anilines is 1. The number of methoxy groups -OCH3 is 1. The molecule has 0 radical (unpaired) electrons. The van der Waals surface area contributed by atoms with Crippen LogP contribution < -0.4 is 15.8 Å². The second-order valence-electron chi connectivity index (χ2n) is 6.09. The van der Waals surface area contributed by atoms with Crippen LogP contribution in [0.4, 0.5) is 5.69 Å². The fourth-order valence-electron chi connectivity index (χ4n) is 3.61. The molecule has 2 heterocycles. The summed E-state index contributed by atoms with van der Waals surface area (Å²) in [7, 11) is 1.64. The van der Waals surface area contributed by atoms with Crippen LogP contribution in [0.1, 0.15) is 25.7 Å². The number of carbonyl (C=O) groups is 1. The Labute approximate surface area is 125 Å². The van der Waals surface area contributed by atoms with Crippen LogP contribution in [-0.4, -0.2) is 42.6 Å². The van der Waals surface area contributed by atoms with E-state index in [0.29, 0.717) is 6.04 Å². The number of fused-ring (bicyclic) bond motifs is 1. The molecular weight excluding hydrogens is 266 g/mol. The molecule has 2 aliphatic rings. The minimum absolute atomic E-state index is 0.245. The lowest BCUT2D eigenvalue weighted by molar-refractivity contribution is -0.124. The summed E-state index contributed by atoms with van der Waals surface area (Å²) in [4.78, 5) is 14.6. The molecule has 0 saturated carbocycles. The molecule has 114 valence electrons. The average Bonchev–Trinajstić information content (AvgIpc) is 2.95. The number of ether oxygens (including phenoxy) is 1. The minimum Gasteiger partial charge on any atom is -0.497 e. The molecule has 2 unspecified atom stereocenters. The molecular formula is C16H23N3O2. The average molecular weight is 289 g/mol. The van der Waals surface area contributed by atoms with Crippen LogP contribution in [0.3, 0.4) is 0 Å². The van der Waals surface area contributed by atoms with Crippen LogP contribution >= 0.6 is 0 Å². The first kappa shape index (κ1) is 14.2. The van der Waals surface area contributed by atoms with Gasteiger partial charge in [0, 0.05) is 18.3 Å². The van der Waals surface area contributed by atoms with Crippen molar-refractivity contribution in [2.75, 3.05) is 25.5 Å². The first-order chi connectivity index (χ1) is 10.1. The number of primary amides is 1. The second-order valence-corrected chi connectivity index (χ2v) is 6.09. The van der Waals surface area contributed by atoms with E-state index < -0.39 is 5.54 Å². The van der Waals surface area contributed by atoms with Crippen molar-refractivity contribution in [1.29, 1.82) is 0 Å². The Morgan fingerprint density at radius 3 is 2.81 bits per heavy atom. The van der Waals surface area contributed by atoms with Crippen molar-refractivity contribution in [3.63, 3.8) is 0 Å². The number of piperidine rings is 1. The predicted octanol–water partition coefficient (Wildman–Crippen LogP) is 1.59. The zero-order chi connectivity index (χ0) is 14.9. The molecule has 2 fully saturated rings. The van der Waals surface area contributed by atoms with Crippen molar-refractivity contribution in [2.24, 2.45) is 5.73 Å². The Morgan fingerprint density at radius 2 is 2.14 bits per heavy atom. The Kier molecular flexibility index (Phi) is 3.76. The first-order valence-corrected chi connectivity index (χ1v) is 7.59. The van der Waals surface area contributed by atoms with Crippen molar-refractivity contribution in [3.05, 3.63) is 24.3 Å². The lowest BCUT2D eigenvalue weighted by Gasteiger charge is -2.43. The summed E-state index contributed by atoms with van der Waals surface area (Å²) in [5.74, 6) is 0.559. The highest BCUT2D eigenvalue weighted by Gasteiger charge is 2.45. The molecule has 5 heteroatoms. The fraction of sp³-hybridized carbons (Fsp3) is 0.562. The van der Waals surface area contributed by atoms with Crippen LogP contribution in [0, 0.1) is 0 Å². The molecule has 0 spiro atoms. The maximum Gasteiger partial charge on any atom is 0.243 e. The number of rotatable bonds is 4. The minimum atomic E-state index is -0.625. The molecule has 5 nitrogen and oxygen atoms in total. The van der Waals surface area contributed by atoms with Gasteiger partial charge in [-0.15, -0.1) is 0 Å². The number of nitrogens with one attached hydrogen (secondary N) is 1. The number of nitrogens with zero attached hydrogens (tertiary/aromatic N) is 1. The predicted molar refractivity (Wildman–Crippen MR) is 82.4 cm³/mol. The summed E-state index contributed by atoms with van der Waals surface area (Å²) in [6.07, 6.45) is 3.96. The van der Waals surface area contributed by atoms with Crippen LogP contribution in [0.2, 0.25) is 0 Å². The maximum absolute atomic E-state index is 12.1. The number of amides is 1. The molecule has 0 aromatic heterocycles. The highest BCUT2D eigenvalue weighted by Crippen LogP contribution is 2.35. The summed E-state index contributed by atoms with van der Waals surface area (Å²) in [5, 5.41) is 3.40. The van der Waals surface area contributed by atoms with Crippen molar-refractivity contribution in [3.8, 4) is 5.75 Å². The molecule has 2 aliphatic heterocycles. The van der Waals surface area contributed by atoms with Gasteiger partial charge in [-0.3, -0.25) is 4.79 Å². The first-order valence-electron chi connectivity index (χ1n) is 7.59. The van der Waals surface area contributed by atoms with Gasteiger partial charge in [-0.05, 0) is 56.5 Å². The highest BCUT2D eigenvalue weighted by atomic mass is 16.5. The quantitative estimate of drug-likeness (QED) is 0.883. The van der Waals surface area contributed by atoms with Gasteiger partial charge in [-0.1, -0.05) is 0 Å². The normalized spacial score (nSPS) is 28.9. The van der Waals surface area contributed by atoms with Crippen molar-refractivity contribution in [2.45, 2.75) is 37.3 Å². The number of hydrogen-bond acceptors (Lipinski definition) is 4. The smallest absolute Gasteiger partial charge is 0.243 e. The van der Waals surface area contributed by atoms with E-state index >= 15 is 0 Å². The Balaban J connectivity index is 1.79. The van der Waals surface area contributed by atoms with Gasteiger partial charge in [0.25, 0.3) is 0 Å². The monoisotopic (exact) mass is 289 g/mol. The molecule has 1 aromatic rings. The van der Waals surface area contributed by atoms with Gasteiger partial charge in [0.2, 0.25) is 5.91 Å². The van der Waals surface area contributed by atoms with E-state index in [2.05, 4.69) is 10.2 Å². The van der Waals surface area contributed by atoms with Crippen molar-refractivity contribution < 1.29 is 9.53 Å². The largest absolute Gasteiger partial charge is 0.497 e. The zero-order valence-corrected chi connectivity index (χ0v) is 12.5. The molecule has 0 bridgehead atoms. The van der Waals surface area contributed by atoms with Crippen LogP contribution in [0.15, 0.2) is 24.3 Å². The molecule has 1 amide bonds. The molecule has 21 heavy (non-hydrogen) atoms. The zero-order valence-electron chi connectivity index (χ0n) is 12.5. The third-order valence-electron chi connectivity index (χ3n) is 4.85. The molecule has 2 atom stereocenters. The molecule has 3 N–H and O–H groups in total. The van der Waals surface area contributed by atoms with E-state index in [1.165, 1.54) is 12.8 Å². The number of nitrogens with two attached hydrogens (primary N) is 1.